The van der Waals surface area contributed by atoms with E-state index >= 15 is 0 Å². The Morgan fingerprint density at radius 3 is 2.48 bits per heavy atom. The summed E-state index contributed by atoms with van der Waals surface area (Å²) in [5, 5.41) is 7.48. The minimum atomic E-state index is -0.487. The number of hydrogen-bond acceptors (Lipinski definition) is 5. The van der Waals surface area contributed by atoms with E-state index in [0.717, 1.165) is 10.7 Å². The van der Waals surface area contributed by atoms with Crippen LogP contribution in [0, 0.1) is 13.8 Å². The molecule has 7 nitrogen and oxygen atoms in total. The molecule has 8 heteroatoms. The van der Waals surface area contributed by atoms with Crippen molar-refractivity contribution in [3.05, 3.63) is 15.6 Å². The first kappa shape index (κ1) is 21.2. The number of rotatable bonds is 6. The molecule has 0 bridgehead atoms. The van der Waals surface area contributed by atoms with Crippen molar-refractivity contribution in [2.75, 3.05) is 26.7 Å². The largest absolute Gasteiger partial charge is 0.444 e. The number of aryl methyl sites for hydroxylation is 2. The van der Waals surface area contributed by atoms with Crippen LogP contribution in [0.15, 0.2) is 4.99 Å². The zero-order valence-electron chi connectivity index (χ0n) is 16.4. The SMILES string of the molecule is CCN(CCNC(=NC)NCc1nc(C)c(C)s1)C(=O)OC(C)(C)C. The number of guanidine groups is 1. The highest BCUT2D eigenvalue weighted by atomic mass is 32.1. The molecule has 0 spiro atoms. The second-order valence-electron chi connectivity index (χ2n) is 6.66. The van der Waals surface area contributed by atoms with Crippen molar-refractivity contribution in [1.82, 2.24) is 20.5 Å². The number of aromatic nitrogens is 1. The predicted octanol–water partition coefficient (Wildman–Crippen LogP) is 2.68. The van der Waals surface area contributed by atoms with Gasteiger partial charge in [0, 0.05) is 31.6 Å². The van der Waals surface area contributed by atoms with Crippen molar-refractivity contribution in [1.29, 1.82) is 0 Å². The normalized spacial score (nSPS) is 12.0. The molecule has 0 atom stereocenters. The molecule has 0 aliphatic carbocycles. The average Bonchev–Trinajstić information content (AvgIpc) is 2.83. The topological polar surface area (TPSA) is 78.9 Å². The van der Waals surface area contributed by atoms with Gasteiger partial charge in [-0.05, 0) is 41.5 Å². The van der Waals surface area contributed by atoms with Gasteiger partial charge in [0.2, 0.25) is 0 Å². The summed E-state index contributed by atoms with van der Waals surface area (Å²) in [7, 11) is 1.72. The van der Waals surface area contributed by atoms with E-state index in [1.54, 1.807) is 23.3 Å². The Morgan fingerprint density at radius 2 is 2.00 bits per heavy atom. The van der Waals surface area contributed by atoms with Gasteiger partial charge in [0.15, 0.2) is 5.96 Å². The van der Waals surface area contributed by atoms with Crippen LogP contribution in [0.3, 0.4) is 0 Å². The number of nitrogens with zero attached hydrogens (tertiary/aromatic N) is 3. The Labute approximate surface area is 154 Å². The van der Waals surface area contributed by atoms with E-state index in [4.69, 9.17) is 4.74 Å². The van der Waals surface area contributed by atoms with Gasteiger partial charge < -0.3 is 20.3 Å². The minimum Gasteiger partial charge on any atom is -0.444 e. The maximum atomic E-state index is 12.1. The molecule has 1 rings (SSSR count). The Bertz CT molecular complexity index is 573. The third kappa shape index (κ3) is 7.72. The average molecular weight is 370 g/mol. The number of thiazole rings is 1. The van der Waals surface area contributed by atoms with Gasteiger partial charge in [-0.1, -0.05) is 0 Å². The van der Waals surface area contributed by atoms with Crippen molar-refractivity contribution in [2.24, 2.45) is 4.99 Å². The van der Waals surface area contributed by atoms with Crippen molar-refractivity contribution in [2.45, 2.75) is 53.7 Å². The quantitative estimate of drug-likeness (QED) is 0.595. The highest BCUT2D eigenvalue weighted by molar-refractivity contribution is 7.11. The summed E-state index contributed by atoms with van der Waals surface area (Å²) in [6.45, 7) is 14.0. The molecule has 0 saturated carbocycles. The third-order valence-electron chi connectivity index (χ3n) is 3.41. The zero-order chi connectivity index (χ0) is 19.0. The highest BCUT2D eigenvalue weighted by Crippen LogP contribution is 2.15. The first-order chi connectivity index (χ1) is 11.7. The fourth-order valence-electron chi connectivity index (χ4n) is 2.01. The maximum Gasteiger partial charge on any atom is 0.410 e. The van der Waals surface area contributed by atoms with Gasteiger partial charge in [0.1, 0.15) is 10.6 Å². The van der Waals surface area contributed by atoms with Crippen LogP contribution in [-0.2, 0) is 11.3 Å². The van der Waals surface area contributed by atoms with E-state index in [0.29, 0.717) is 32.1 Å². The first-order valence-corrected chi connectivity index (χ1v) is 9.33. The van der Waals surface area contributed by atoms with E-state index in [-0.39, 0.29) is 6.09 Å². The summed E-state index contributed by atoms with van der Waals surface area (Å²) in [5.74, 6) is 0.686. The fourth-order valence-corrected chi connectivity index (χ4v) is 2.88. The maximum absolute atomic E-state index is 12.1. The Morgan fingerprint density at radius 1 is 1.32 bits per heavy atom. The molecule has 1 amide bonds. The molecule has 0 unspecified atom stereocenters. The van der Waals surface area contributed by atoms with Crippen LogP contribution in [0.1, 0.15) is 43.3 Å². The summed E-state index contributed by atoms with van der Waals surface area (Å²) >= 11 is 1.68. The van der Waals surface area contributed by atoms with Crippen molar-refractivity contribution in [3.63, 3.8) is 0 Å². The van der Waals surface area contributed by atoms with Crippen LogP contribution in [0.5, 0.6) is 0 Å². The van der Waals surface area contributed by atoms with Crippen LogP contribution in [0.2, 0.25) is 0 Å². The molecular weight excluding hydrogens is 338 g/mol. The van der Waals surface area contributed by atoms with Crippen molar-refractivity contribution < 1.29 is 9.53 Å². The van der Waals surface area contributed by atoms with Gasteiger partial charge >= 0.3 is 6.09 Å². The van der Waals surface area contributed by atoms with Gasteiger partial charge in [0.05, 0.1) is 12.2 Å². The molecule has 0 fully saturated rings. The number of carbonyl (C=O) groups is 1. The molecule has 1 aromatic heterocycles. The lowest BCUT2D eigenvalue weighted by molar-refractivity contribution is 0.0264. The molecule has 0 aromatic carbocycles. The smallest absolute Gasteiger partial charge is 0.410 e. The monoisotopic (exact) mass is 369 g/mol. The summed E-state index contributed by atoms with van der Waals surface area (Å²) in [6.07, 6.45) is -0.298. The van der Waals surface area contributed by atoms with Crippen LogP contribution < -0.4 is 10.6 Å². The van der Waals surface area contributed by atoms with Crippen molar-refractivity contribution in [3.8, 4) is 0 Å². The second kappa shape index (κ2) is 9.60. The third-order valence-corrected chi connectivity index (χ3v) is 4.48. The van der Waals surface area contributed by atoms with Gasteiger partial charge in [-0.3, -0.25) is 4.99 Å². The Hall–Kier alpha value is -1.83. The van der Waals surface area contributed by atoms with Crippen LogP contribution >= 0.6 is 11.3 Å². The minimum absolute atomic E-state index is 0.298. The number of hydrogen-bond donors (Lipinski definition) is 2. The van der Waals surface area contributed by atoms with E-state index in [9.17, 15) is 4.79 Å². The van der Waals surface area contributed by atoms with Crippen LogP contribution in [0.4, 0.5) is 4.79 Å². The Kier molecular flexibility index (Phi) is 8.15. The lowest BCUT2D eigenvalue weighted by Crippen LogP contribution is -2.44. The second-order valence-corrected chi connectivity index (χ2v) is 7.95. The van der Waals surface area contributed by atoms with Gasteiger partial charge in [0.25, 0.3) is 0 Å². The highest BCUT2D eigenvalue weighted by Gasteiger charge is 2.20. The number of nitrogens with one attached hydrogen (secondary N) is 2. The molecule has 25 heavy (non-hydrogen) atoms. The summed E-state index contributed by atoms with van der Waals surface area (Å²) in [5.41, 5.74) is 0.583. The molecule has 2 N–H and O–H groups in total. The van der Waals surface area contributed by atoms with Crippen molar-refractivity contribution >= 4 is 23.4 Å². The number of ether oxygens (including phenoxy) is 1. The summed E-state index contributed by atoms with van der Waals surface area (Å²) < 4.78 is 5.40. The molecule has 1 aromatic rings. The van der Waals surface area contributed by atoms with Gasteiger partial charge in [-0.25, -0.2) is 9.78 Å². The number of likely N-dealkylation sites (N-methyl/N-ethyl adjacent to an activating group) is 1. The van der Waals surface area contributed by atoms with Crippen LogP contribution in [0.25, 0.3) is 0 Å². The molecule has 0 aliphatic heterocycles. The molecule has 142 valence electrons. The van der Waals surface area contributed by atoms with E-state index in [2.05, 4.69) is 27.5 Å². The number of carbonyl (C=O) groups excluding carboxylic acids is 1. The zero-order valence-corrected chi connectivity index (χ0v) is 17.2. The predicted molar refractivity (Wildman–Crippen MR) is 103 cm³/mol. The molecule has 0 aliphatic rings. The molecule has 0 saturated heterocycles. The van der Waals surface area contributed by atoms with E-state index < -0.39 is 5.60 Å². The lowest BCUT2D eigenvalue weighted by atomic mass is 10.2. The summed E-state index contributed by atoms with van der Waals surface area (Å²) in [6, 6.07) is 0. The standard InChI is InChI=1S/C17H31N5O2S/c1-8-22(16(23)24-17(4,5)6)10-9-19-15(18-7)20-11-14-21-12(2)13(3)25-14/h8-11H2,1-7H3,(H2,18,19,20). The van der Waals surface area contributed by atoms with E-state index in [1.807, 2.05) is 34.6 Å². The Balaban J connectivity index is 2.42. The molecule has 0 radical (unpaired) electrons. The van der Waals surface area contributed by atoms with Gasteiger partial charge in [-0.2, -0.15) is 0 Å². The van der Waals surface area contributed by atoms with Gasteiger partial charge in [-0.15, -0.1) is 11.3 Å². The number of amides is 1. The first-order valence-electron chi connectivity index (χ1n) is 8.51. The fraction of sp³-hybridized carbons (Fsp3) is 0.706. The molecule has 1 heterocycles. The lowest BCUT2D eigenvalue weighted by Gasteiger charge is -2.26. The summed E-state index contributed by atoms with van der Waals surface area (Å²) in [4.78, 5) is 23.7. The van der Waals surface area contributed by atoms with Crippen LogP contribution in [-0.4, -0.2) is 54.2 Å². The number of aliphatic imine (C=N–C) groups is 1. The van der Waals surface area contributed by atoms with E-state index in [1.165, 1.54) is 4.88 Å². The molecular formula is C17H31N5O2S.